The first-order chi connectivity index (χ1) is 8.02. The van der Waals surface area contributed by atoms with E-state index in [0.29, 0.717) is 0 Å². The van der Waals surface area contributed by atoms with Gasteiger partial charge in [-0.05, 0) is 6.07 Å². The first-order valence-electron chi connectivity index (χ1n) is 4.57. The van der Waals surface area contributed by atoms with E-state index in [2.05, 4.69) is 4.74 Å². The molecule has 0 saturated heterocycles. The van der Waals surface area contributed by atoms with Crippen LogP contribution in [0.2, 0.25) is 0 Å². The Morgan fingerprint density at radius 1 is 1.41 bits per heavy atom. The predicted molar refractivity (Wildman–Crippen MR) is 55.4 cm³/mol. The minimum absolute atomic E-state index is 0.143. The number of carbonyl (C=O) groups excluding carboxylic acids is 1. The van der Waals surface area contributed by atoms with Crippen LogP contribution >= 0.6 is 0 Å². The van der Waals surface area contributed by atoms with Crippen LogP contribution in [0.25, 0.3) is 11.0 Å². The lowest BCUT2D eigenvalue weighted by atomic mass is 10.2. The van der Waals surface area contributed by atoms with Gasteiger partial charge in [0.25, 0.3) is 0 Å². The molecule has 0 aliphatic carbocycles. The number of aromatic hydroxyl groups is 1. The highest BCUT2D eigenvalue weighted by molar-refractivity contribution is 5.89. The third kappa shape index (κ3) is 1.84. The van der Waals surface area contributed by atoms with Gasteiger partial charge in [-0.3, -0.25) is 4.79 Å². The van der Waals surface area contributed by atoms with E-state index in [-0.39, 0.29) is 5.39 Å². The molecule has 0 bridgehead atoms. The van der Waals surface area contributed by atoms with Crippen LogP contribution in [-0.2, 0) is 4.74 Å². The summed E-state index contributed by atoms with van der Waals surface area (Å²) in [7, 11) is 1.11. The van der Waals surface area contributed by atoms with Crippen molar-refractivity contribution in [2.75, 3.05) is 7.11 Å². The number of fused-ring (bicyclic) bond motifs is 1. The van der Waals surface area contributed by atoms with Crippen LogP contribution in [0.3, 0.4) is 0 Å². The van der Waals surface area contributed by atoms with Gasteiger partial charge in [0.15, 0.2) is 16.8 Å². The van der Waals surface area contributed by atoms with E-state index >= 15 is 0 Å². The number of halogens is 1. The van der Waals surface area contributed by atoms with Crippen molar-refractivity contribution in [3.63, 3.8) is 0 Å². The number of esters is 1. The molecule has 1 N–H and O–H groups in total. The highest BCUT2D eigenvalue weighted by Crippen LogP contribution is 2.22. The number of hydrogen-bond donors (Lipinski definition) is 1. The van der Waals surface area contributed by atoms with Crippen molar-refractivity contribution < 1.29 is 23.4 Å². The van der Waals surface area contributed by atoms with Crippen LogP contribution in [0.5, 0.6) is 5.75 Å². The summed E-state index contributed by atoms with van der Waals surface area (Å²) in [6.45, 7) is 0. The number of phenolic OH excluding ortho intramolecular Hbond substituents is 1. The zero-order valence-electron chi connectivity index (χ0n) is 8.69. The minimum Gasteiger partial charge on any atom is -0.508 e. The average molecular weight is 238 g/mol. The van der Waals surface area contributed by atoms with E-state index in [9.17, 15) is 14.0 Å². The Hall–Kier alpha value is -2.37. The smallest absolute Gasteiger partial charge is 0.374 e. The molecule has 0 radical (unpaired) electrons. The van der Waals surface area contributed by atoms with Crippen LogP contribution in [0, 0.1) is 5.82 Å². The molecule has 5 nitrogen and oxygen atoms in total. The first-order valence-corrected chi connectivity index (χ1v) is 4.57. The van der Waals surface area contributed by atoms with Gasteiger partial charge in [-0.25, -0.2) is 9.18 Å². The molecule has 0 spiro atoms. The molecular weight excluding hydrogens is 231 g/mol. The number of benzene rings is 1. The molecule has 88 valence electrons. The topological polar surface area (TPSA) is 76.7 Å². The molecule has 2 rings (SSSR count). The Kier molecular flexibility index (Phi) is 2.55. The number of carbonyl (C=O) groups is 1. The Morgan fingerprint density at radius 3 is 2.76 bits per heavy atom. The number of rotatable bonds is 1. The molecule has 0 unspecified atom stereocenters. The molecule has 6 heteroatoms. The molecule has 0 aliphatic rings. The largest absolute Gasteiger partial charge is 0.508 e. The molecule has 0 amide bonds. The summed E-state index contributed by atoms with van der Waals surface area (Å²) >= 11 is 0. The molecule has 1 aromatic heterocycles. The second-order valence-corrected chi connectivity index (χ2v) is 3.27. The average Bonchev–Trinajstić information content (AvgIpc) is 2.29. The number of hydrogen-bond acceptors (Lipinski definition) is 5. The zero-order valence-corrected chi connectivity index (χ0v) is 8.69. The van der Waals surface area contributed by atoms with Gasteiger partial charge in [-0.2, -0.15) is 0 Å². The van der Waals surface area contributed by atoms with Crippen molar-refractivity contribution in [2.24, 2.45) is 0 Å². The van der Waals surface area contributed by atoms with E-state index in [4.69, 9.17) is 9.52 Å². The maximum Gasteiger partial charge on any atom is 0.374 e. The van der Waals surface area contributed by atoms with E-state index in [1.54, 1.807) is 0 Å². The van der Waals surface area contributed by atoms with Gasteiger partial charge in [0.2, 0.25) is 5.76 Å². The maximum absolute atomic E-state index is 13.4. The van der Waals surface area contributed by atoms with Crippen LogP contribution in [-0.4, -0.2) is 18.2 Å². The van der Waals surface area contributed by atoms with Crippen molar-refractivity contribution in [2.45, 2.75) is 0 Å². The van der Waals surface area contributed by atoms with Gasteiger partial charge >= 0.3 is 5.97 Å². The molecule has 0 atom stereocenters. The van der Waals surface area contributed by atoms with Crippen LogP contribution in [0.1, 0.15) is 10.6 Å². The summed E-state index contributed by atoms with van der Waals surface area (Å²) in [6, 6.07) is 2.73. The zero-order chi connectivity index (χ0) is 12.6. The summed E-state index contributed by atoms with van der Waals surface area (Å²) < 4.78 is 22.7. The molecule has 0 aliphatic heterocycles. The van der Waals surface area contributed by atoms with E-state index < -0.39 is 34.3 Å². The monoisotopic (exact) mass is 238 g/mol. The first kappa shape index (κ1) is 11.1. The van der Waals surface area contributed by atoms with Gasteiger partial charge in [0.1, 0.15) is 5.75 Å². The molecule has 0 fully saturated rings. The lowest BCUT2D eigenvalue weighted by Crippen LogP contribution is -2.08. The van der Waals surface area contributed by atoms with Gasteiger partial charge in [0.05, 0.1) is 12.5 Å². The standard InChI is InChI=1S/C11H7FO5/c1-16-11(15)9-4-8(14)6-2-5(13)3-7(12)10(6)17-9/h2-4,13H,1H3. The molecule has 17 heavy (non-hydrogen) atoms. The predicted octanol–water partition coefficient (Wildman–Crippen LogP) is 1.42. The second-order valence-electron chi connectivity index (χ2n) is 3.27. The summed E-state index contributed by atoms with van der Waals surface area (Å²) in [4.78, 5) is 22.7. The quantitative estimate of drug-likeness (QED) is 0.760. The van der Waals surface area contributed by atoms with Crippen LogP contribution in [0.15, 0.2) is 27.4 Å². The lowest BCUT2D eigenvalue weighted by Gasteiger charge is -2.02. The van der Waals surface area contributed by atoms with Gasteiger partial charge < -0.3 is 14.3 Å². The maximum atomic E-state index is 13.4. The van der Waals surface area contributed by atoms with Gasteiger partial charge in [0, 0.05) is 12.1 Å². The number of phenols is 1. The van der Waals surface area contributed by atoms with Crippen molar-refractivity contribution in [1.29, 1.82) is 0 Å². The highest BCUT2D eigenvalue weighted by atomic mass is 19.1. The third-order valence-corrected chi connectivity index (χ3v) is 2.15. The molecule has 1 aromatic carbocycles. The van der Waals surface area contributed by atoms with Crippen LogP contribution < -0.4 is 5.43 Å². The number of ether oxygens (including phenoxy) is 1. The highest BCUT2D eigenvalue weighted by Gasteiger charge is 2.15. The number of methoxy groups -OCH3 is 1. The summed E-state index contributed by atoms with van der Waals surface area (Å²) in [5.74, 6) is -2.60. The van der Waals surface area contributed by atoms with Crippen molar-refractivity contribution in [3.8, 4) is 5.75 Å². The summed E-state index contributed by atoms with van der Waals surface area (Å²) in [6.07, 6.45) is 0. The Bertz CT molecular complexity index is 659. The summed E-state index contributed by atoms with van der Waals surface area (Å²) in [5.41, 5.74) is -1.03. The normalized spacial score (nSPS) is 10.5. The molecule has 0 saturated carbocycles. The lowest BCUT2D eigenvalue weighted by molar-refractivity contribution is 0.0565. The molecular formula is C11H7FO5. The molecule has 1 heterocycles. The van der Waals surface area contributed by atoms with Gasteiger partial charge in [-0.1, -0.05) is 0 Å². The van der Waals surface area contributed by atoms with E-state index in [1.807, 2.05) is 0 Å². The Labute approximate surface area is 94.0 Å². The van der Waals surface area contributed by atoms with Gasteiger partial charge in [-0.15, -0.1) is 0 Å². The molecule has 2 aromatic rings. The fourth-order valence-electron chi connectivity index (χ4n) is 1.40. The van der Waals surface area contributed by atoms with E-state index in [0.717, 1.165) is 25.3 Å². The van der Waals surface area contributed by atoms with Crippen molar-refractivity contribution in [1.82, 2.24) is 0 Å². The third-order valence-electron chi connectivity index (χ3n) is 2.15. The minimum atomic E-state index is -0.928. The second kappa shape index (κ2) is 3.89. The van der Waals surface area contributed by atoms with Crippen LogP contribution in [0.4, 0.5) is 4.39 Å². The van der Waals surface area contributed by atoms with Crippen molar-refractivity contribution >= 4 is 16.9 Å². The summed E-state index contributed by atoms with van der Waals surface area (Å²) in [5, 5.41) is 9.00. The fourth-order valence-corrected chi connectivity index (χ4v) is 1.40. The fraction of sp³-hybridized carbons (Fsp3) is 0.0909. The van der Waals surface area contributed by atoms with E-state index in [1.165, 1.54) is 0 Å². The Balaban J connectivity index is 2.82. The Morgan fingerprint density at radius 2 is 2.12 bits per heavy atom. The SMILES string of the molecule is COC(=O)c1cc(=O)c2cc(O)cc(F)c2o1. The van der Waals surface area contributed by atoms with Crippen molar-refractivity contribution in [3.05, 3.63) is 40.0 Å².